The van der Waals surface area contributed by atoms with Gasteiger partial charge in [0.25, 0.3) is 5.89 Å². The summed E-state index contributed by atoms with van der Waals surface area (Å²) in [7, 11) is -3.53. The van der Waals surface area contributed by atoms with Crippen LogP contribution in [0, 0.1) is 13.8 Å². The van der Waals surface area contributed by atoms with Crippen LogP contribution in [-0.2, 0) is 16.6 Å². The van der Waals surface area contributed by atoms with E-state index in [1.807, 2.05) is 24.3 Å². The second kappa shape index (κ2) is 7.41. The molecule has 0 bridgehead atoms. The van der Waals surface area contributed by atoms with E-state index in [0.717, 1.165) is 22.9 Å². The van der Waals surface area contributed by atoms with Gasteiger partial charge in [0.1, 0.15) is 11.4 Å². The quantitative estimate of drug-likeness (QED) is 0.574. The van der Waals surface area contributed by atoms with Crippen molar-refractivity contribution in [1.82, 2.24) is 24.2 Å². The van der Waals surface area contributed by atoms with Gasteiger partial charge in [-0.3, -0.25) is 4.68 Å². The molecule has 8 nitrogen and oxygen atoms in total. The maximum absolute atomic E-state index is 13.0. The Hall–Kier alpha value is -2.04. The second-order valence-electron chi connectivity index (χ2n) is 6.79. The van der Waals surface area contributed by atoms with E-state index in [1.54, 1.807) is 18.5 Å². The molecular formula is C18H20BrN5O3S. The van der Waals surface area contributed by atoms with Gasteiger partial charge in [0, 0.05) is 23.1 Å². The first-order valence-corrected chi connectivity index (χ1v) is 11.2. The third-order valence-corrected chi connectivity index (χ3v) is 7.51. The molecule has 0 atom stereocenters. The van der Waals surface area contributed by atoms with Crippen molar-refractivity contribution >= 4 is 26.0 Å². The van der Waals surface area contributed by atoms with E-state index in [2.05, 4.69) is 31.2 Å². The molecule has 1 fully saturated rings. The Kier molecular flexibility index (Phi) is 5.11. The van der Waals surface area contributed by atoms with Crippen LogP contribution in [0.25, 0.3) is 11.5 Å². The molecule has 2 aromatic heterocycles. The molecule has 0 spiro atoms. The molecule has 28 heavy (non-hydrogen) atoms. The van der Waals surface area contributed by atoms with Crippen molar-refractivity contribution in [3.05, 3.63) is 46.0 Å². The van der Waals surface area contributed by atoms with E-state index in [9.17, 15) is 8.42 Å². The molecule has 4 rings (SSSR count). The van der Waals surface area contributed by atoms with Gasteiger partial charge in [-0.05, 0) is 51.0 Å². The zero-order valence-electron chi connectivity index (χ0n) is 15.6. The molecule has 0 N–H and O–H groups in total. The van der Waals surface area contributed by atoms with Gasteiger partial charge < -0.3 is 4.52 Å². The first-order chi connectivity index (χ1) is 13.4. The smallest absolute Gasteiger partial charge is 0.257 e. The van der Waals surface area contributed by atoms with Gasteiger partial charge in [-0.2, -0.15) is 14.4 Å². The van der Waals surface area contributed by atoms with E-state index in [4.69, 9.17) is 4.52 Å². The van der Waals surface area contributed by atoms with Gasteiger partial charge in [0.05, 0.1) is 11.4 Å². The van der Waals surface area contributed by atoms with Crippen molar-refractivity contribution < 1.29 is 12.9 Å². The molecule has 0 aliphatic carbocycles. The third-order valence-electron chi connectivity index (χ3n) is 4.83. The summed E-state index contributed by atoms with van der Waals surface area (Å²) in [5.74, 6) is 0.850. The average Bonchev–Trinajstić information content (AvgIpc) is 3.38. The fraction of sp³-hybridized carbons (Fsp3) is 0.389. The number of hydrogen-bond acceptors (Lipinski definition) is 6. The van der Waals surface area contributed by atoms with Gasteiger partial charge in [0.15, 0.2) is 5.82 Å². The van der Waals surface area contributed by atoms with Crippen LogP contribution in [0.5, 0.6) is 0 Å². The number of aromatic nitrogens is 4. The van der Waals surface area contributed by atoms with Crippen LogP contribution in [0.1, 0.15) is 30.1 Å². The standard InChI is InChI=1S/C18H20BrN5O3S/c1-12-17(28(25,26)23-9-3-4-10-23)13(2)24(21-12)11-16-20-18(27-22-16)14-5-7-15(19)8-6-14/h5-8H,3-4,9-11H2,1-2H3. The third kappa shape index (κ3) is 3.51. The molecule has 3 aromatic rings. The SMILES string of the molecule is Cc1nn(Cc2noc(-c3ccc(Br)cc3)n2)c(C)c1S(=O)(=O)N1CCCC1. The van der Waals surface area contributed by atoms with E-state index in [1.165, 1.54) is 4.31 Å². The number of aryl methyl sites for hydroxylation is 1. The topological polar surface area (TPSA) is 94.1 Å². The zero-order valence-corrected chi connectivity index (χ0v) is 18.0. The molecule has 0 saturated carbocycles. The predicted octanol–water partition coefficient (Wildman–Crippen LogP) is 3.15. The summed E-state index contributed by atoms with van der Waals surface area (Å²) in [5.41, 5.74) is 1.88. The number of rotatable bonds is 5. The van der Waals surface area contributed by atoms with Gasteiger partial charge >= 0.3 is 0 Å². The second-order valence-corrected chi connectivity index (χ2v) is 9.58. The minimum atomic E-state index is -3.53. The number of halogens is 1. The molecule has 0 radical (unpaired) electrons. The summed E-state index contributed by atoms with van der Waals surface area (Å²) >= 11 is 3.39. The van der Waals surface area contributed by atoms with Crippen LogP contribution in [0.4, 0.5) is 0 Å². The molecule has 3 heterocycles. The lowest BCUT2D eigenvalue weighted by Gasteiger charge is -2.15. The van der Waals surface area contributed by atoms with E-state index >= 15 is 0 Å². The maximum atomic E-state index is 13.0. The van der Waals surface area contributed by atoms with Gasteiger partial charge in [0.2, 0.25) is 10.0 Å². The van der Waals surface area contributed by atoms with Gasteiger partial charge in [-0.1, -0.05) is 21.1 Å². The van der Waals surface area contributed by atoms with Crippen LogP contribution >= 0.6 is 15.9 Å². The molecule has 0 unspecified atom stereocenters. The normalized spacial score (nSPS) is 15.4. The van der Waals surface area contributed by atoms with Crippen molar-refractivity contribution in [2.75, 3.05) is 13.1 Å². The minimum Gasteiger partial charge on any atom is -0.334 e. The number of hydrogen-bond donors (Lipinski definition) is 0. The molecule has 1 aliphatic rings. The van der Waals surface area contributed by atoms with Crippen molar-refractivity contribution in [3.8, 4) is 11.5 Å². The molecule has 1 aliphatic heterocycles. The molecule has 0 amide bonds. The van der Waals surface area contributed by atoms with Gasteiger partial charge in [-0.25, -0.2) is 8.42 Å². The van der Waals surface area contributed by atoms with Crippen LogP contribution in [0.2, 0.25) is 0 Å². The fourth-order valence-electron chi connectivity index (χ4n) is 3.43. The Morgan fingerprint density at radius 3 is 2.50 bits per heavy atom. The average molecular weight is 466 g/mol. The number of nitrogens with zero attached hydrogens (tertiary/aromatic N) is 5. The fourth-order valence-corrected chi connectivity index (χ4v) is 5.58. The Morgan fingerprint density at radius 2 is 1.82 bits per heavy atom. The van der Waals surface area contributed by atoms with E-state index in [-0.39, 0.29) is 11.4 Å². The highest BCUT2D eigenvalue weighted by atomic mass is 79.9. The highest BCUT2D eigenvalue weighted by Crippen LogP contribution is 2.27. The van der Waals surface area contributed by atoms with Gasteiger partial charge in [-0.15, -0.1) is 0 Å². The zero-order chi connectivity index (χ0) is 19.9. The lowest BCUT2D eigenvalue weighted by atomic mass is 10.2. The minimum absolute atomic E-state index is 0.238. The Bertz CT molecular complexity index is 1100. The first-order valence-electron chi connectivity index (χ1n) is 8.99. The predicted molar refractivity (Wildman–Crippen MR) is 106 cm³/mol. The molecule has 148 valence electrons. The van der Waals surface area contributed by atoms with Crippen molar-refractivity contribution in [1.29, 1.82) is 0 Å². The Balaban J connectivity index is 1.60. The highest BCUT2D eigenvalue weighted by Gasteiger charge is 2.32. The summed E-state index contributed by atoms with van der Waals surface area (Å²) in [6, 6.07) is 7.56. The van der Waals surface area contributed by atoms with Crippen molar-refractivity contribution in [3.63, 3.8) is 0 Å². The molecular weight excluding hydrogens is 446 g/mol. The highest BCUT2D eigenvalue weighted by molar-refractivity contribution is 9.10. The summed E-state index contributed by atoms with van der Waals surface area (Å²) in [4.78, 5) is 4.69. The van der Waals surface area contributed by atoms with E-state index < -0.39 is 10.0 Å². The molecule has 1 aromatic carbocycles. The maximum Gasteiger partial charge on any atom is 0.257 e. The Morgan fingerprint density at radius 1 is 1.14 bits per heavy atom. The van der Waals surface area contributed by atoms with Crippen LogP contribution in [-0.4, -0.2) is 45.7 Å². The lowest BCUT2D eigenvalue weighted by molar-refractivity contribution is 0.418. The Labute approximate surface area is 171 Å². The lowest BCUT2D eigenvalue weighted by Crippen LogP contribution is -2.28. The monoisotopic (exact) mass is 465 g/mol. The molecule has 10 heteroatoms. The number of sulfonamides is 1. The number of benzene rings is 1. The largest absolute Gasteiger partial charge is 0.334 e. The molecule has 1 saturated heterocycles. The first kappa shape index (κ1) is 19.3. The summed E-state index contributed by atoms with van der Waals surface area (Å²) in [6.45, 7) is 4.85. The van der Waals surface area contributed by atoms with Crippen molar-refractivity contribution in [2.45, 2.75) is 38.1 Å². The van der Waals surface area contributed by atoms with E-state index in [0.29, 0.717) is 36.2 Å². The van der Waals surface area contributed by atoms with Crippen LogP contribution in [0.15, 0.2) is 38.2 Å². The summed E-state index contributed by atoms with van der Waals surface area (Å²) < 4.78 is 35.4. The van der Waals surface area contributed by atoms with Crippen molar-refractivity contribution in [2.24, 2.45) is 0 Å². The van der Waals surface area contributed by atoms with Crippen LogP contribution < -0.4 is 0 Å². The summed E-state index contributed by atoms with van der Waals surface area (Å²) in [5, 5.41) is 8.43. The van der Waals surface area contributed by atoms with Crippen LogP contribution in [0.3, 0.4) is 0 Å². The summed E-state index contributed by atoms with van der Waals surface area (Å²) in [6.07, 6.45) is 1.79.